The quantitative estimate of drug-likeness (QED) is 0.628. The highest BCUT2D eigenvalue weighted by atomic mass is 32.2. The number of benzene rings is 1. The molecule has 0 unspecified atom stereocenters. The summed E-state index contributed by atoms with van der Waals surface area (Å²) in [5.74, 6) is -1.83. The molecule has 2 heterocycles. The number of aryl methyl sites for hydroxylation is 1. The molecule has 28 heavy (non-hydrogen) atoms. The second-order valence-electron chi connectivity index (χ2n) is 6.52. The van der Waals surface area contributed by atoms with Crippen LogP contribution in [0.4, 0.5) is 11.4 Å². The van der Waals surface area contributed by atoms with Gasteiger partial charge in [0.2, 0.25) is 10.0 Å². The van der Waals surface area contributed by atoms with E-state index in [4.69, 9.17) is 4.42 Å². The molecule has 10 heteroatoms. The highest BCUT2D eigenvalue weighted by Crippen LogP contribution is 2.31. The number of rotatable bonds is 5. The first-order valence-electron chi connectivity index (χ1n) is 8.65. The van der Waals surface area contributed by atoms with Crippen LogP contribution in [0.25, 0.3) is 0 Å². The Kier molecular flexibility index (Phi) is 5.71. The Hall–Kier alpha value is -2.85. The van der Waals surface area contributed by atoms with Crippen molar-refractivity contribution in [3.63, 3.8) is 0 Å². The molecule has 1 aliphatic heterocycles. The van der Waals surface area contributed by atoms with Gasteiger partial charge in [-0.05, 0) is 36.6 Å². The molecule has 3 rings (SSSR count). The van der Waals surface area contributed by atoms with Crippen LogP contribution in [0, 0.1) is 0 Å². The van der Waals surface area contributed by atoms with Crippen molar-refractivity contribution >= 4 is 33.2 Å². The number of aliphatic hydroxyl groups is 1. The Bertz CT molecular complexity index is 971. The maximum atomic E-state index is 12.1. The topological polar surface area (TPSA) is 129 Å². The van der Waals surface area contributed by atoms with Crippen molar-refractivity contribution in [2.45, 2.75) is 18.9 Å². The SMILES string of the molecule is CS(=O)(=O)N1CCCc2ccc(NC(=O)C(=O)NC[C@@H](O)c3ccoc3)cc21. The minimum atomic E-state index is -3.43. The number of amides is 2. The van der Waals surface area contributed by atoms with Gasteiger partial charge >= 0.3 is 11.8 Å². The van der Waals surface area contributed by atoms with Gasteiger partial charge in [0.1, 0.15) is 0 Å². The van der Waals surface area contributed by atoms with E-state index in [1.807, 2.05) is 0 Å². The third kappa shape index (κ3) is 4.52. The zero-order chi connectivity index (χ0) is 20.3. The molecule has 2 aromatic rings. The summed E-state index contributed by atoms with van der Waals surface area (Å²) in [6.07, 6.45) is 4.32. The fourth-order valence-electron chi connectivity index (χ4n) is 3.00. The Labute approximate surface area is 162 Å². The summed E-state index contributed by atoms with van der Waals surface area (Å²) in [6, 6.07) is 6.46. The van der Waals surface area contributed by atoms with Gasteiger partial charge in [-0.1, -0.05) is 6.07 Å². The van der Waals surface area contributed by atoms with Crippen molar-refractivity contribution in [2.75, 3.05) is 29.0 Å². The van der Waals surface area contributed by atoms with Crippen molar-refractivity contribution in [3.05, 3.63) is 47.9 Å². The zero-order valence-corrected chi connectivity index (χ0v) is 16.0. The van der Waals surface area contributed by atoms with Crippen LogP contribution < -0.4 is 14.9 Å². The number of nitrogens with one attached hydrogen (secondary N) is 2. The molecular weight excluding hydrogens is 386 g/mol. The average Bonchev–Trinajstić information content (AvgIpc) is 3.19. The van der Waals surface area contributed by atoms with Crippen molar-refractivity contribution < 1.29 is 27.5 Å². The summed E-state index contributed by atoms with van der Waals surface area (Å²) in [5, 5.41) is 14.7. The van der Waals surface area contributed by atoms with Crippen LogP contribution in [0.3, 0.4) is 0 Å². The third-order valence-corrected chi connectivity index (χ3v) is 5.59. The molecule has 2 amide bonds. The minimum Gasteiger partial charge on any atom is -0.472 e. The van der Waals surface area contributed by atoms with Crippen LogP contribution in [0.15, 0.2) is 41.2 Å². The van der Waals surface area contributed by atoms with Gasteiger partial charge in [-0.15, -0.1) is 0 Å². The summed E-state index contributed by atoms with van der Waals surface area (Å²) in [5.41, 5.74) is 2.16. The highest BCUT2D eigenvalue weighted by molar-refractivity contribution is 7.92. The Morgan fingerprint density at radius 2 is 2.07 bits per heavy atom. The normalized spacial score (nSPS) is 14.9. The van der Waals surface area contributed by atoms with E-state index >= 15 is 0 Å². The maximum Gasteiger partial charge on any atom is 0.313 e. The standard InChI is InChI=1S/C18H21N3O6S/c1-28(25,26)21-7-2-3-12-4-5-14(9-15(12)21)20-18(24)17(23)19-10-16(22)13-6-8-27-11-13/h4-6,8-9,11,16,22H,2-3,7,10H2,1H3,(H,19,23)(H,20,24)/t16-/m1/s1. The largest absolute Gasteiger partial charge is 0.472 e. The monoisotopic (exact) mass is 407 g/mol. The van der Waals surface area contributed by atoms with E-state index in [0.29, 0.717) is 29.9 Å². The van der Waals surface area contributed by atoms with Crippen LogP contribution in [0.1, 0.15) is 23.7 Å². The maximum absolute atomic E-state index is 12.1. The number of carbonyl (C=O) groups is 2. The minimum absolute atomic E-state index is 0.155. The van der Waals surface area contributed by atoms with E-state index in [2.05, 4.69) is 10.6 Å². The predicted molar refractivity (Wildman–Crippen MR) is 102 cm³/mol. The summed E-state index contributed by atoms with van der Waals surface area (Å²) < 4.78 is 30.1. The summed E-state index contributed by atoms with van der Waals surface area (Å²) in [4.78, 5) is 24.1. The first kappa shape index (κ1) is 19.9. The molecule has 0 saturated carbocycles. The van der Waals surface area contributed by atoms with E-state index in [-0.39, 0.29) is 6.54 Å². The third-order valence-electron chi connectivity index (χ3n) is 4.41. The molecule has 0 radical (unpaired) electrons. The molecule has 0 saturated heterocycles. The summed E-state index contributed by atoms with van der Waals surface area (Å²) in [7, 11) is -3.43. The number of sulfonamides is 1. The van der Waals surface area contributed by atoms with Gasteiger partial charge in [-0.25, -0.2) is 8.42 Å². The van der Waals surface area contributed by atoms with Crippen molar-refractivity contribution in [2.24, 2.45) is 0 Å². The number of carbonyl (C=O) groups excluding carboxylic acids is 2. The lowest BCUT2D eigenvalue weighted by molar-refractivity contribution is -0.136. The van der Waals surface area contributed by atoms with E-state index in [1.54, 1.807) is 24.3 Å². The summed E-state index contributed by atoms with van der Waals surface area (Å²) in [6.45, 7) is 0.216. The molecule has 0 bridgehead atoms. The first-order chi connectivity index (χ1) is 13.3. The average molecular weight is 407 g/mol. The molecule has 1 aliphatic rings. The molecule has 1 aromatic heterocycles. The number of hydrogen-bond acceptors (Lipinski definition) is 6. The van der Waals surface area contributed by atoms with Crippen LogP contribution in [0.2, 0.25) is 0 Å². The number of fused-ring (bicyclic) bond motifs is 1. The lowest BCUT2D eigenvalue weighted by Gasteiger charge is -2.29. The molecule has 0 spiro atoms. The molecule has 0 fully saturated rings. The fourth-order valence-corrected chi connectivity index (χ4v) is 3.99. The number of aliphatic hydroxyl groups excluding tert-OH is 1. The Morgan fingerprint density at radius 1 is 1.29 bits per heavy atom. The zero-order valence-electron chi connectivity index (χ0n) is 15.2. The van der Waals surface area contributed by atoms with Gasteiger partial charge in [0.15, 0.2) is 0 Å². The van der Waals surface area contributed by atoms with Crippen molar-refractivity contribution in [3.8, 4) is 0 Å². The first-order valence-corrected chi connectivity index (χ1v) is 10.5. The van der Waals surface area contributed by atoms with Gasteiger partial charge in [0, 0.05) is 24.3 Å². The number of anilines is 2. The number of furan rings is 1. The molecule has 9 nitrogen and oxygen atoms in total. The smallest absolute Gasteiger partial charge is 0.313 e. The van der Waals surface area contributed by atoms with Gasteiger partial charge in [0.25, 0.3) is 0 Å². The lowest BCUT2D eigenvalue weighted by atomic mass is 10.0. The van der Waals surface area contributed by atoms with E-state index in [1.165, 1.54) is 16.8 Å². The van der Waals surface area contributed by atoms with Crippen LogP contribution in [-0.2, 0) is 26.0 Å². The molecular formula is C18H21N3O6S. The molecule has 1 atom stereocenters. The Morgan fingerprint density at radius 3 is 2.75 bits per heavy atom. The van der Waals surface area contributed by atoms with Crippen molar-refractivity contribution in [1.82, 2.24) is 5.32 Å². The van der Waals surface area contributed by atoms with Gasteiger partial charge in [0.05, 0.1) is 30.6 Å². The second kappa shape index (κ2) is 8.03. The van der Waals surface area contributed by atoms with Gasteiger partial charge < -0.3 is 20.2 Å². The number of hydrogen-bond donors (Lipinski definition) is 3. The number of nitrogens with zero attached hydrogens (tertiary/aromatic N) is 1. The van der Waals surface area contributed by atoms with E-state index in [0.717, 1.165) is 18.2 Å². The molecule has 150 valence electrons. The molecule has 3 N–H and O–H groups in total. The fraction of sp³-hybridized carbons (Fsp3) is 0.333. The molecule has 1 aromatic carbocycles. The van der Waals surface area contributed by atoms with Crippen LogP contribution in [-0.4, -0.2) is 44.7 Å². The predicted octanol–water partition coefficient (Wildman–Crippen LogP) is 0.780. The lowest BCUT2D eigenvalue weighted by Crippen LogP contribution is -2.38. The second-order valence-corrected chi connectivity index (χ2v) is 8.43. The summed E-state index contributed by atoms with van der Waals surface area (Å²) >= 11 is 0. The highest BCUT2D eigenvalue weighted by Gasteiger charge is 2.25. The van der Waals surface area contributed by atoms with E-state index in [9.17, 15) is 23.1 Å². The van der Waals surface area contributed by atoms with Gasteiger partial charge in [-0.2, -0.15) is 0 Å². The van der Waals surface area contributed by atoms with Crippen molar-refractivity contribution in [1.29, 1.82) is 0 Å². The molecule has 0 aliphatic carbocycles. The van der Waals surface area contributed by atoms with Crippen LogP contribution >= 0.6 is 0 Å². The Balaban J connectivity index is 1.65. The van der Waals surface area contributed by atoms with Crippen LogP contribution in [0.5, 0.6) is 0 Å². The van der Waals surface area contributed by atoms with E-state index < -0.39 is 27.9 Å². The van der Waals surface area contributed by atoms with Gasteiger partial charge in [-0.3, -0.25) is 13.9 Å².